The van der Waals surface area contributed by atoms with Gasteiger partial charge >= 0.3 is 0 Å². The molecule has 3 aromatic rings. The summed E-state index contributed by atoms with van der Waals surface area (Å²) in [6, 6.07) is 10.1. The van der Waals surface area contributed by atoms with Crippen LogP contribution in [0, 0.1) is 6.92 Å². The highest BCUT2D eigenvalue weighted by molar-refractivity contribution is 5.68. The van der Waals surface area contributed by atoms with Gasteiger partial charge in [-0.25, -0.2) is 9.50 Å². The summed E-state index contributed by atoms with van der Waals surface area (Å²) in [4.78, 5) is 4.26. The summed E-state index contributed by atoms with van der Waals surface area (Å²) in [5.74, 6) is 0. The van der Waals surface area contributed by atoms with Gasteiger partial charge in [-0.05, 0) is 25.5 Å². The van der Waals surface area contributed by atoms with Gasteiger partial charge in [0.1, 0.15) is 0 Å². The molecule has 0 saturated carbocycles. The van der Waals surface area contributed by atoms with Crippen LogP contribution in [0.25, 0.3) is 16.9 Å². The topological polar surface area (TPSA) is 56.2 Å². The first-order valence-electron chi connectivity index (χ1n) is 6.32. The van der Waals surface area contributed by atoms with Crippen molar-refractivity contribution < 1.29 is 0 Å². The Bertz CT molecular complexity index is 728. The summed E-state index contributed by atoms with van der Waals surface area (Å²) in [5.41, 5.74) is 11.2. The molecule has 1 aromatic carbocycles. The van der Waals surface area contributed by atoms with Gasteiger partial charge in [0.2, 0.25) is 0 Å². The number of aromatic nitrogens is 3. The summed E-state index contributed by atoms with van der Waals surface area (Å²) in [6.45, 7) is 4.05. The second-order valence-electron chi connectivity index (χ2n) is 4.78. The maximum Gasteiger partial charge on any atom is 0.153 e. The summed E-state index contributed by atoms with van der Waals surface area (Å²) < 4.78 is 1.79. The minimum absolute atomic E-state index is 0.0798. The van der Waals surface area contributed by atoms with E-state index < -0.39 is 0 Å². The highest BCUT2D eigenvalue weighted by Gasteiger charge is 2.14. The predicted molar refractivity (Wildman–Crippen MR) is 75.8 cm³/mol. The molecule has 0 aliphatic carbocycles. The van der Waals surface area contributed by atoms with Crippen molar-refractivity contribution in [3.63, 3.8) is 0 Å². The van der Waals surface area contributed by atoms with Gasteiger partial charge in [0.25, 0.3) is 0 Å². The lowest BCUT2D eigenvalue weighted by Crippen LogP contribution is -2.10. The van der Waals surface area contributed by atoms with Crippen molar-refractivity contribution in [1.82, 2.24) is 14.6 Å². The van der Waals surface area contributed by atoms with Crippen LogP contribution in [0.15, 0.2) is 42.7 Å². The number of nitrogens with zero attached hydrogens (tertiary/aromatic N) is 3. The molecule has 0 saturated heterocycles. The van der Waals surface area contributed by atoms with E-state index in [1.54, 1.807) is 10.7 Å². The molecule has 19 heavy (non-hydrogen) atoms. The number of nitrogens with two attached hydrogens (primary N) is 1. The van der Waals surface area contributed by atoms with E-state index in [4.69, 9.17) is 5.73 Å². The lowest BCUT2D eigenvalue weighted by atomic mass is 9.99. The van der Waals surface area contributed by atoms with Crippen LogP contribution in [-0.2, 0) is 0 Å². The van der Waals surface area contributed by atoms with Crippen molar-refractivity contribution >= 4 is 5.65 Å². The number of hydrogen-bond donors (Lipinski definition) is 1. The highest BCUT2D eigenvalue weighted by Crippen LogP contribution is 2.28. The minimum Gasteiger partial charge on any atom is -0.324 e. The zero-order chi connectivity index (χ0) is 13.4. The lowest BCUT2D eigenvalue weighted by Gasteiger charge is -2.14. The van der Waals surface area contributed by atoms with Gasteiger partial charge in [0.15, 0.2) is 5.65 Å². The van der Waals surface area contributed by atoms with Crippen LogP contribution in [0.5, 0.6) is 0 Å². The molecular formula is C15H16N4. The second-order valence-corrected chi connectivity index (χ2v) is 4.78. The maximum absolute atomic E-state index is 6.08. The average Bonchev–Trinajstić information content (AvgIpc) is 2.85. The molecule has 0 spiro atoms. The summed E-state index contributed by atoms with van der Waals surface area (Å²) in [6.07, 6.45) is 3.59. The molecule has 2 aromatic heterocycles. The monoisotopic (exact) mass is 252 g/mol. The lowest BCUT2D eigenvalue weighted by molar-refractivity contribution is 0.798. The van der Waals surface area contributed by atoms with E-state index >= 15 is 0 Å². The van der Waals surface area contributed by atoms with Crippen LogP contribution in [0.4, 0.5) is 0 Å². The summed E-state index contributed by atoms with van der Waals surface area (Å²) in [5, 5.41) is 4.66. The zero-order valence-corrected chi connectivity index (χ0v) is 11.0. The molecule has 0 amide bonds. The minimum atomic E-state index is -0.0798. The van der Waals surface area contributed by atoms with Gasteiger partial charge < -0.3 is 5.73 Å². The Balaban J connectivity index is 2.32. The molecule has 0 fully saturated rings. The smallest absolute Gasteiger partial charge is 0.153 e. The van der Waals surface area contributed by atoms with Crippen LogP contribution < -0.4 is 5.73 Å². The molecule has 0 radical (unpaired) electrons. The zero-order valence-electron chi connectivity index (χ0n) is 11.0. The quantitative estimate of drug-likeness (QED) is 0.763. The van der Waals surface area contributed by atoms with E-state index in [-0.39, 0.29) is 6.04 Å². The Kier molecular flexibility index (Phi) is 2.80. The van der Waals surface area contributed by atoms with Crippen molar-refractivity contribution in [1.29, 1.82) is 0 Å². The third kappa shape index (κ3) is 2.00. The molecule has 3 rings (SSSR count). The van der Waals surface area contributed by atoms with Crippen LogP contribution in [-0.4, -0.2) is 14.6 Å². The van der Waals surface area contributed by atoms with Gasteiger partial charge in [-0.3, -0.25) is 0 Å². The van der Waals surface area contributed by atoms with Crippen molar-refractivity contribution in [3.8, 4) is 11.3 Å². The number of aryl methyl sites for hydroxylation is 1. The fraction of sp³-hybridized carbons (Fsp3) is 0.200. The number of benzene rings is 1. The van der Waals surface area contributed by atoms with Crippen molar-refractivity contribution in [2.24, 2.45) is 5.73 Å². The maximum atomic E-state index is 6.08. The van der Waals surface area contributed by atoms with Crippen LogP contribution in [0.1, 0.15) is 24.1 Å². The summed E-state index contributed by atoms with van der Waals surface area (Å²) in [7, 11) is 0. The predicted octanol–water partition coefficient (Wildman–Crippen LogP) is 2.72. The van der Waals surface area contributed by atoms with Gasteiger partial charge in [-0.1, -0.05) is 24.3 Å². The second kappa shape index (κ2) is 4.48. The van der Waals surface area contributed by atoms with Crippen molar-refractivity contribution in [3.05, 3.63) is 53.9 Å². The van der Waals surface area contributed by atoms with E-state index in [9.17, 15) is 0 Å². The van der Waals surface area contributed by atoms with Crippen LogP contribution in [0.2, 0.25) is 0 Å². The summed E-state index contributed by atoms with van der Waals surface area (Å²) >= 11 is 0. The van der Waals surface area contributed by atoms with E-state index in [1.807, 2.05) is 31.3 Å². The standard InChI is InChI=1S/C15H16N4/c1-10-5-3-4-6-12(10)15-13(11(2)16)9-14-17-7-8-19(14)18-15/h3-9,11H,16H2,1-2H3/t11-/m0/s1. The first-order chi connectivity index (χ1) is 9.16. The molecule has 0 aliphatic heterocycles. The van der Waals surface area contributed by atoms with E-state index in [0.29, 0.717) is 0 Å². The van der Waals surface area contributed by atoms with Crippen molar-refractivity contribution in [2.45, 2.75) is 19.9 Å². The van der Waals surface area contributed by atoms with E-state index in [1.165, 1.54) is 5.56 Å². The molecule has 2 heterocycles. The first kappa shape index (κ1) is 11.9. The fourth-order valence-electron chi connectivity index (χ4n) is 2.26. The van der Waals surface area contributed by atoms with Gasteiger partial charge in [-0.2, -0.15) is 5.10 Å². The molecular weight excluding hydrogens is 236 g/mol. The molecule has 0 unspecified atom stereocenters. The number of imidazole rings is 1. The molecule has 96 valence electrons. The van der Waals surface area contributed by atoms with Gasteiger partial charge in [0, 0.05) is 29.6 Å². The Morgan fingerprint density at radius 1 is 1.26 bits per heavy atom. The Hall–Kier alpha value is -2.20. The van der Waals surface area contributed by atoms with E-state index in [0.717, 1.165) is 22.5 Å². The highest BCUT2D eigenvalue weighted by atomic mass is 15.2. The Labute approximate surface area is 111 Å². The Morgan fingerprint density at radius 3 is 2.79 bits per heavy atom. The largest absolute Gasteiger partial charge is 0.324 e. The number of fused-ring (bicyclic) bond motifs is 1. The molecule has 0 aliphatic rings. The number of rotatable bonds is 2. The number of hydrogen-bond acceptors (Lipinski definition) is 3. The first-order valence-corrected chi connectivity index (χ1v) is 6.32. The van der Waals surface area contributed by atoms with E-state index in [2.05, 4.69) is 29.1 Å². The average molecular weight is 252 g/mol. The van der Waals surface area contributed by atoms with Crippen LogP contribution in [0.3, 0.4) is 0 Å². The van der Waals surface area contributed by atoms with Gasteiger partial charge in [0.05, 0.1) is 5.69 Å². The normalized spacial score (nSPS) is 12.8. The van der Waals surface area contributed by atoms with Gasteiger partial charge in [-0.15, -0.1) is 0 Å². The SMILES string of the molecule is Cc1ccccc1-c1nn2ccnc2cc1[C@H](C)N. The van der Waals surface area contributed by atoms with Crippen LogP contribution >= 0.6 is 0 Å². The molecule has 4 heteroatoms. The molecule has 1 atom stereocenters. The molecule has 4 nitrogen and oxygen atoms in total. The fourth-order valence-corrected chi connectivity index (χ4v) is 2.26. The molecule has 2 N–H and O–H groups in total. The third-order valence-corrected chi connectivity index (χ3v) is 3.31. The third-order valence-electron chi connectivity index (χ3n) is 3.31. The Morgan fingerprint density at radius 2 is 2.05 bits per heavy atom. The van der Waals surface area contributed by atoms with Crippen molar-refractivity contribution in [2.75, 3.05) is 0 Å². The molecule has 0 bridgehead atoms.